The maximum Gasteiger partial charge on any atom is 0.323 e. The van der Waals surface area contributed by atoms with Gasteiger partial charge in [-0.25, -0.2) is 4.79 Å². The number of methoxy groups -OCH3 is 1. The highest BCUT2D eigenvalue weighted by Gasteiger charge is 2.12. The molecule has 0 bridgehead atoms. The molecule has 0 aliphatic carbocycles. The van der Waals surface area contributed by atoms with Crippen LogP contribution in [0.3, 0.4) is 0 Å². The number of pyridine rings is 1. The summed E-state index contributed by atoms with van der Waals surface area (Å²) in [4.78, 5) is 16.8. The van der Waals surface area contributed by atoms with Gasteiger partial charge in [-0.2, -0.15) is 9.61 Å². The summed E-state index contributed by atoms with van der Waals surface area (Å²) < 4.78 is 6.79. The second-order valence-corrected chi connectivity index (χ2v) is 7.12. The van der Waals surface area contributed by atoms with E-state index in [1.54, 1.807) is 42.1 Å². The van der Waals surface area contributed by atoms with Gasteiger partial charge in [0.05, 0.1) is 12.8 Å². The molecular formula is C24H19N7O2. The molecule has 2 aromatic carbocycles. The first kappa shape index (κ1) is 20.1. The lowest BCUT2D eigenvalue weighted by molar-refractivity contribution is 0.262. The van der Waals surface area contributed by atoms with Gasteiger partial charge >= 0.3 is 6.03 Å². The highest BCUT2D eigenvalue weighted by Crippen LogP contribution is 2.23. The number of aromatic nitrogens is 5. The van der Waals surface area contributed by atoms with E-state index in [0.29, 0.717) is 34.2 Å². The van der Waals surface area contributed by atoms with Gasteiger partial charge in [0.1, 0.15) is 11.4 Å². The quantitative estimate of drug-likeness (QED) is 0.419. The van der Waals surface area contributed by atoms with Crippen LogP contribution < -0.4 is 15.4 Å². The molecule has 0 fully saturated rings. The Morgan fingerprint density at radius 2 is 1.70 bits per heavy atom. The van der Waals surface area contributed by atoms with Crippen molar-refractivity contribution < 1.29 is 9.53 Å². The minimum atomic E-state index is -0.350. The van der Waals surface area contributed by atoms with Gasteiger partial charge in [-0.1, -0.05) is 18.2 Å². The van der Waals surface area contributed by atoms with Gasteiger partial charge in [0.25, 0.3) is 0 Å². The van der Waals surface area contributed by atoms with Crippen molar-refractivity contribution in [2.75, 3.05) is 17.7 Å². The van der Waals surface area contributed by atoms with Gasteiger partial charge in [-0.3, -0.25) is 4.98 Å². The number of nitrogens with one attached hydrogen (secondary N) is 2. The molecule has 9 heteroatoms. The number of hydrogen-bond donors (Lipinski definition) is 2. The molecule has 2 N–H and O–H groups in total. The molecule has 0 saturated heterocycles. The van der Waals surface area contributed by atoms with E-state index in [2.05, 4.69) is 25.8 Å². The Morgan fingerprint density at radius 1 is 0.848 bits per heavy atom. The number of anilines is 2. The molecule has 9 nitrogen and oxygen atoms in total. The van der Waals surface area contributed by atoms with Crippen LogP contribution in [0.4, 0.5) is 16.2 Å². The number of carbonyl (C=O) groups is 1. The molecule has 5 rings (SSSR count). The first-order valence-corrected chi connectivity index (χ1v) is 10.2. The van der Waals surface area contributed by atoms with Gasteiger partial charge in [-0.05, 0) is 60.7 Å². The zero-order valence-electron chi connectivity index (χ0n) is 17.6. The second-order valence-electron chi connectivity index (χ2n) is 7.12. The fourth-order valence-corrected chi connectivity index (χ4v) is 3.32. The first-order valence-electron chi connectivity index (χ1n) is 10.2. The van der Waals surface area contributed by atoms with Crippen LogP contribution in [0.2, 0.25) is 0 Å². The Balaban J connectivity index is 1.37. The summed E-state index contributed by atoms with van der Waals surface area (Å²) in [6, 6.07) is 23.5. The van der Waals surface area contributed by atoms with Crippen LogP contribution in [-0.4, -0.2) is 37.9 Å². The Labute approximate surface area is 189 Å². The van der Waals surface area contributed by atoms with Crippen LogP contribution in [0.1, 0.15) is 0 Å². The van der Waals surface area contributed by atoms with Crippen molar-refractivity contribution in [3.8, 4) is 28.5 Å². The normalized spacial score (nSPS) is 10.7. The molecule has 0 atom stereocenters. The number of fused-ring (bicyclic) bond motifs is 1. The minimum absolute atomic E-state index is 0.350. The average Bonchev–Trinajstić information content (AvgIpc) is 3.28. The number of ether oxygens (including phenoxy) is 1. The SMILES string of the molecule is COc1ccc(NC(=O)Nc2cccc(-c3ccc4nnc(-c5ccccn5)n4n3)c2)cc1. The number of hydrogen-bond acceptors (Lipinski definition) is 6. The molecular weight excluding hydrogens is 418 g/mol. The number of benzene rings is 2. The van der Waals surface area contributed by atoms with Gasteiger partial charge in [-0.15, -0.1) is 10.2 Å². The molecule has 3 aromatic heterocycles. The standard InChI is InChI=1S/C24H19N7O2/c1-33-19-10-8-17(9-11-19)26-24(32)27-18-6-4-5-16(15-18)20-12-13-22-28-29-23(31(22)30-20)21-7-2-3-14-25-21/h2-15H,1H3,(H2,26,27,32). The molecule has 162 valence electrons. The summed E-state index contributed by atoms with van der Waals surface area (Å²) in [7, 11) is 1.59. The smallest absolute Gasteiger partial charge is 0.323 e. The molecule has 33 heavy (non-hydrogen) atoms. The topological polar surface area (TPSA) is 106 Å². The van der Waals surface area contributed by atoms with Crippen molar-refractivity contribution in [1.29, 1.82) is 0 Å². The zero-order valence-corrected chi connectivity index (χ0v) is 17.6. The maximum atomic E-state index is 12.4. The second kappa shape index (κ2) is 8.75. The molecule has 0 saturated carbocycles. The zero-order chi connectivity index (χ0) is 22.6. The van der Waals surface area contributed by atoms with Gasteiger partial charge in [0.15, 0.2) is 5.65 Å². The first-order chi connectivity index (χ1) is 16.2. The van der Waals surface area contributed by atoms with Gasteiger partial charge in [0, 0.05) is 23.1 Å². The summed E-state index contributed by atoms with van der Waals surface area (Å²) >= 11 is 0. The Hall–Kier alpha value is -4.79. The van der Waals surface area contributed by atoms with Crippen LogP contribution in [0.5, 0.6) is 5.75 Å². The van der Waals surface area contributed by atoms with E-state index in [9.17, 15) is 4.79 Å². The summed E-state index contributed by atoms with van der Waals surface area (Å²) in [5, 5.41) is 18.7. The van der Waals surface area contributed by atoms with Crippen molar-refractivity contribution in [2.24, 2.45) is 0 Å². The molecule has 0 unspecified atom stereocenters. The Kier molecular flexibility index (Phi) is 5.34. The third-order valence-electron chi connectivity index (χ3n) is 4.92. The van der Waals surface area contributed by atoms with E-state index < -0.39 is 0 Å². The molecule has 0 aliphatic rings. The lowest BCUT2D eigenvalue weighted by atomic mass is 10.1. The Morgan fingerprint density at radius 3 is 2.48 bits per heavy atom. The molecule has 0 spiro atoms. The van der Waals surface area contributed by atoms with E-state index >= 15 is 0 Å². The van der Waals surface area contributed by atoms with Crippen LogP contribution in [0, 0.1) is 0 Å². The fraction of sp³-hybridized carbons (Fsp3) is 0.0417. The third kappa shape index (κ3) is 4.33. The van der Waals surface area contributed by atoms with Crippen molar-refractivity contribution in [3.05, 3.63) is 85.1 Å². The number of amides is 2. The molecule has 0 radical (unpaired) electrons. The van der Waals surface area contributed by atoms with E-state index in [4.69, 9.17) is 9.84 Å². The molecule has 5 aromatic rings. The van der Waals surface area contributed by atoms with Gasteiger partial charge < -0.3 is 15.4 Å². The highest BCUT2D eigenvalue weighted by atomic mass is 16.5. The summed E-state index contributed by atoms with van der Waals surface area (Å²) in [5.41, 5.74) is 4.13. The van der Waals surface area contributed by atoms with E-state index in [-0.39, 0.29) is 6.03 Å². The predicted octanol–water partition coefficient (Wildman–Crippen LogP) is 4.51. The van der Waals surface area contributed by atoms with Crippen LogP contribution in [0.15, 0.2) is 85.1 Å². The molecule has 0 aliphatic heterocycles. The van der Waals surface area contributed by atoms with Crippen molar-refractivity contribution >= 4 is 23.1 Å². The van der Waals surface area contributed by atoms with E-state index in [1.807, 2.05) is 54.6 Å². The third-order valence-corrected chi connectivity index (χ3v) is 4.92. The molecule has 3 heterocycles. The summed E-state index contributed by atoms with van der Waals surface area (Å²) in [5.74, 6) is 1.28. The van der Waals surface area contributed by atoms with Gasteiger partial charge in [0.2, 0.25) is 5.82 Å². The van der Waals surface area contributed by atoms with E-state index in [1.165, 1.54) is 0 Å². The Bertz CT molecular complexity index is 1420. The largest absolute Gasteiger partial charge is 0.497 e. The monoisotopic (exact) mass is 437 g/mol. The van der Waals surface area contributed by atoms with Crippen LogP contribution in [-0.2, 0) is 0 Å². The predicted molar refractivity (Wildman–Crippen MR) is 125 cm³/mol. The summed E-state index contributed by atoms with van der Waals surface area (Å²) in [6.07, 6.45) is 1.70. The highest BCUT2D eigenvalue weighted by molar-refractivity contribution is 6.00. The number of rotatable bonds is 5. The number of carbonyl (C=O) groups excluding carboxylic acids is 1. The maximum absolute atomic E-state index is 12.4. The number of urea groups is 1. The van der Waals surface area contributed by atoms with Crippen LogP contribution in [0.25, 0.3) is 28.4 Å². The summed E-state index contributed by atoms with van der Waals surface area (Å²) in [6.45, 7) is 0. The van der Waals surface area contributed by atoms with Crippen LogP contribution >= 0.6 is 0 Å². The lowest BCUT2D eigenvalue weighted by Gasteiger charge is -2.10. The molecule has 2 amide bonds. The fourth-order valence-electron chi connectivity index (χ4n) is 3.32. The lowest BCUT2D eigenvalue weighted by Crippen LogP contribution is -2.19. The van der Waals surface area contributed by atoms with Crippen molar-refractivity contribution in [3.63, 3.8) is 0 Å². The number of nitrogens with zero attached hydrogens (tertiary/aromatic N) is 5. The van der Waals surface area contributed by atoms with Crippen molar-refractivity contribution in [2.45, 2.75) is 0 Å². The average molecular weight is 437 g/mol. The minimum Gasteiger partial charge on any atom is -0.497 e. The van der Waals surface area contributed by atoms with Crippen molar-refractivity contribution in [1.82, 2.24) is 24.8 Å². The van der Waals surface area contributed by atoms with E-state index in [0.717, 1.165) is 11.3 Å².